The Hall–Kier alpha value is -1.36. The first kappa shape index (κ1) is 13.7. The highest BCUT2D eigenvalue weighted by molar-refractivity contribution is 9.09. The zero-order valence-electron chi connectivity index (χ0n) is 9.87. The van der Waals surface area contributed by atoms with Crippen molar-refractivity contribution in [3.8, 4) is 11.5 Å². The molecule has 1 aromatic rings. The number of benzene rings is 1. The third-order valence-corrected chi connectivity index (χ3v) is 2.86. The van der Waals surface area contributed by atoms with Gasteiger partial charge < -0.3 is 9.47 Å². The molecule has 17 heavy (non-hydrogen) atoms. The number of aryl methyl sites for hydroxylation is 1. The van der Waals surface area contributed by atoms with E-state index >= 15 is 0 Å². The van der Waals surface area contributed by atoms with Crippen molar-refractivity contribution in [2.75, 3.05) is 19.5 Å². The highest BCUT2D eigenvalue weighted by Gasteiger charge is 2.19. The Balaban J connectivity index is 3.26. The van der Waals surface area contributed by atoms with Gasteiger partial charge in [-0.25, -0.2) is 0 Å². The summed E-state index contributed by atoms with van der Waals surface area (Å²) < 4.78 is 10.2. The van der Waals surface area contributed by atoms with Gasteiger partial charge in [-0.3, -0.25) is 9.59 Å². The second kappa shape index (κ2) is 5.82. The minimum Gasteiger partial charge on any atom is -0.493 e. The van der Waals surface area contributed by atoms with Crippen molar-refractivity contribution in [1.29, 1.82) is 0 Å². The Morgan fingerprint density at radius 1 is 1.18 bits per heavy atom. The van der Waals surface area contributed by atoms with Crippen LogP contribution in [0.1, 0.15) is 15.9 Å². The predicted molar refractivity (Wildman–Crippen MR) is 67.4 cm³/mol. The molecular weight excluding hydrogens is 288 g/mol. The molecule has 0 aliphatic heterocycles. The Kier molecular flexibility index (Phi) is 4.69. The molecule has 0 fully saturated rings. The standard InChI is InChI=1S/C12H13BrO4/c1-7-4-10(16-2)11(17-3)5-8(7)12(15)9(14)6-13/h4-5H,6H2,1-3H3. The van der Waals surface area contributed by atoms with Gasteiger partial charge in [-0.2, -0.15) is 0 Å². The molecule has 0 N–H and O–H groups in total. The normalized spacial score (nSPS) is 9.88. The molecule has 0 radical (unpaired) electrons. The van der Waals surface area contributed by atoms with Crippen molar-refractivity contribution < 1.29 is 19.1 Å². The molecule has 0 heterocycles. The van der Waals surface area contributed by atoms with Gasteiger partial charge >= 0.3 is 0 Å². The van der Waals surface area contributed by atoms with Crippen LogP contribution in [0.3, 0.4) is 0 Å². The monoisotopic (exact) mass is 300 g/mol. The highest BCUT2D eigenvalue weighted by atomic mass is 79.9. The first-order valence-corrected chi connectivity index (χ1v) is 6.03. The topological polar surface area (TPSA) is 52.6 Å². The first-order valence-electron chi connectivity index (χ1n) is 4.91. The van der Waals surface area contributed by atoms with Crippen LogP contribution in [0, 0.1) is 6.92 Å². The molecule has 1 rings (SSSR count). The molecule has 0 atom stereocenters. The van der Waals surface area contributed by atoms with Crippen LogP contribution in [-0.4, -0.2) is 31.1 Å². The van der Waals surface area contributed by atoms with Gasteiger partial charge in [-0.15, -0.1) is 0 Å². The molecule has 0 unspecified atom stereocenters. The summed E-state index contributed by atoms with van der Waals surface area (Å²) >= 11 is 2.97. The lowest BCUT2D eigenvalue weighted by Gasteiger charge is -2.11. The maximum Gasteiger partial charge on any atom is 0.229 e. The van der Waals surface area contributed by atoms with Crippen LogP contribution in [0.5, 0.6) is 11.5 Å². The van der Waals surface area contributed by atoms with Gasteiger partial charge in [-0.05, 0) is 24.6 Å². The Bertz CT molecular complexity index is 454. The van der Waals surface area contributed by atoms with E-state index in [0.717, 1.165) is 0 Å². The van der Waals surface area contributed by atoms with E-state index in [-0.39, 0.29) is 5.33 Å². The molecular formula is C12H13BrO4. The highest BCUT2D eigenvalue weighted by Crippen LogP contribution is 2.30. The maximum absolute atomic E-state index is 11.8. The number of ether oxygens (including phenoxy) is 2. The van der Waals surface area contributed by atoms with E-state index in [9.17, 15) is 9.59 Å². The summed E-state index contributed by atoms with van der Waals surface area (Å²) in [6.45, 7) is 1.75. The van der Waals surface area contributed by atoms with E-state index in [0.29, 0.717) is 22.6 Å². The summed E-state index contributed by atoms with van der Waals surface area (Å²) in [6, 6.07) is 3.20. The lowest BCUT2D eigenvalue weighted by atomic mass is 10.0. The smallest absolute Gasteiger partial charge is 0.229 e. The second-order valence-corrected chi connectivity index (χ2v) is 3.97. The zero-order chi connectivity index (χ0) is 13.0. The molecule has 0 aliphatic carbocycles. The van der Waals surface area contributed by atoms with Crippen LogP contribution >= 0.6 is 15.9 Å². The fourth-order valence-electron chi connectivity index (χ4n) is 1.44. The van der Waals surface area contributed by atoms with Gasteiger partial charge in [0.2, 0.25) is 11.6 Å². The molecule has 0 aromatic heterocycles. The Morgan fingerprint density at radius 2 is 1.71 bits per heavy atom. The van der Waals surface area contributed by atoms with E-state index < -0.39 is 11.6 Å². The van der Waals surface area contributed by atoms with Gasteiger partial charge in [0.15, 0.2) is 11.5 Å². The summed E-state index contributed by atoms with van der Waals surface area (Å²) in [6.07, 6.45) is 0. The fraction of sp³-hybridized carbons (Fsp3) is 0.333. The predicted octanol–water partition coefficient (Wildman–Crippen LogP) is 2.16. The number of halogens is 1. The van der Waals surface area contributed by atoms with Crippen molar-refractivity contribution in [2.24, 2.45) is 0 Å². The van der Waals surface area contributed by atoms with Crippen LogP contribution < -0.4 is 9.47 Å². The van der Waals surface area contributed by atoms with Crippen molar-refractivity contribution in [2.45, 2.75) is 6.92 Å². The average Bonchev–Trinajstić information content (AvgIpc) is 2.36. The van der Waals surface area contributed by atoms with Crippen molar-refractivity contribution in [1.82, 2.24) is 0 Å². The third-order valence-electron chi connectivity index (χ3n) is 2.35. The van der Waals surface area contributed by atoms with Crippen LogP contribution in [0.15, 0.2) is 12.1 Å². The molecule has 92 valence electrons. The summed E-state index contributed by atoms with van der Waals surface area (Å²) in [5, 5.41) is 0.0135. The van der Waals surface area contributed by atoms with Gasteiger partial charge in [-0.1, -0.05) is 15.9 Å². The molecule has 0 saturated carbocycles. The fourth-order valence-corrected chi connectivity index (χ4v) is 1.69. The quantitative estimate of drug-likeness (QED) is 0.475. The van der Waals surface area contributed by atoms with Gasteiger partial charge in [0.05, 0.1) is 19.5 Å². The number of hydrogen-bond acceptors (Lipinski definition) is 4. The average molecular weight is 301 g/mol. The van der Waals surface area contributed by atoms with Crippen molar-refractivity contribution in [3.63, 3.8) is 0 Å². The second-order valence-electron chi connectivity index (χ2n) is 3.41. The van der Waals surface area contributed by atoms with Crippen molar-refractivity contribution >= 4 is 27.5 Å². The largest absolute Gasteiger partial charge is 0.493 e. The number of methoxy groups -OCH3 is 2. The molecule has 0 amide bonds. The van der Waals surface area contributed by atoms with E-state index in [1.54, 1.807) is 13.0 Å². The lowest BCUT2D eigenvalue weighted by molar-refractivity contribution is -0.112. The minimum atomic E-state index is -0.527. The van der Waals surface area contributed by atoms with E-state index in [1.807, 2.05) is 0 Å². The summed E-state index contributed by atoms with van der Waals surface area (Å²) in [5.41, 5.74) is 1.02. The van der Waals surface area contributed by atoms with Crippen molar-refractivity contribution in [3.05, 3.63) is 23.3 Å². The number of rotatable bonds is 5. The maximum atomic E-state index is 11.8. The van der Waals surface area contributed by atoms with E-state index in [2.05, 4.69) is 15.9 Å². The SMILES string of the molecule is COc1cc(C)c(C(=O)C(=O)CBr)cc1OC. The van der Waals surface area contributed by atoms with Gasteiger partial charge in [0.25, 0.3) is 0 Å². The lowest BCUT2D eigenvalue weighted by Crippen LogP contribution is -2.16. The van der Waals surface area contributed by atoms with Gasteiger partial charge in [0.1, 0.15) is 0 Å². The Labute approximate surface area is 108 Å². The summed E-state index contributed by atoms with van der Waals surface area (Å²) in [5.74, 6) is -0.0442. The van der Waals surface area contributed by atoms with Crippen LogP contribution in [0.25, 0.3) is 0 Å². The first-order chi connectivity index (χ1) is 8.04. The molecule has 4 nitrogen and oxygen atoms in total. The number of hydrogen-bond donors (Lipinski definition) is 0. The summed E-state index contributed by atoms with van der Waals surface area (Å²) in [7, 11) is 3.00. The van der Waals surface area contributed by atoms with E-state index in [1.165, 1.54) is 20.3 Å². The van der Waals surface area contributed by atoms with Crippen LogP contribution in [0.2, 0.25) is 0 Å². The molecule has 0 spiro atoms. The van der Waals surface area contributed by atoms with Crippen LogP contribution in [0.4, 0.5) is 0 Å². The summed E-state index contributed by atoms with van der Waals surface area (Å²) in [4.78, 5) is 23.1. The zero-order valence-corrected chi connectivity index (χ0v) is 11.5. The molecule has 0 aliphatic rings. The van der Waals surface area contributed by atoms with E-state index in [4.69, 9.17) is 9.47 Å². The number of Topliss-reactive ketones (excluding diaryl/α,β-unsaturated/α-hetero) is 2. The number of carbonyl (C=O) groups is 2. The molecule has 0 saturated heterocycles. The van der Waals surface area contributed by atoms with Crippen LogP contribution in [-0.2, 0) is 4.79 Å². The number of alkyl halides is 1. The minimum absolute atomic E-state index is 0.0135. The number of carbonyl (C=O) groups excluding carboxylic acids is 2. The molecule has 0 bridgehead atoms. The van der Waals surface area contributed by atoms with Gasteiger partial charge in [0, 0.05) is 5.56 Å². The Morgan fingerprint density at radius 3 is 2.18 bits per heavy atom. The molecule has 5 heteroatoms. The molecule has 1 aromatic carbocycles. The number of ketones is 2. The third kappa shape index (κ3) is 2.85.